The zero-order chi connectivity index (χ0) is 14.6. The van der Waals surface area contributed by atoms with Crippen LogP contribution in [0.1, 0.15) is 33.4 Å². The average Bonchev–Trinajstić information content (AvgIpc) is 2.73. The van der Waals surface area contributed by atoms with Crippen molar-refractivity contribution in [1.82, 2.24) is 14.8 Å². The summed E-state index contributed by atoms with van der Waals surface area (Å²) in [6, 6.07) is 4.22. The summed E-state index contributed by atoms with van der Waals surface area (Å²) in [5, 5.41) is 3.36. The minimum Gasteiger partial charge on any atom is -0.353 e. The molecule has 1 amide bonds. The van der Waals surface area contributed by atoms with Crippen molar-refractivity contribution >= 4 is 5.91 Å². The summed E-state index contributed by atoms with van der Waals surface area (Å²) in [6.45, 7) is 9.00. The van der Waals surface area contributed by atoms with Crippen LogP contribution in [0.15, 0.2) is 18.3 Å². The highest BCUT2D eigenvalue weighted by molar-refractivity contribution is 5.81. The van der Waals surface area contributed by atoms with Gasteiger partial charge in [-0.25, -0.2) is 0 Å². The van der Waals surface area contributed by atoms with Crippen molar-refractivity contribution in [2.45, 2.75) is 46.3 Å². The summed E-state index contributed by atoms with van der Waals surface area (Å²) in [5.74, 6) is 0.655. The van der Waals surface area contributed by atoms with Crippen LogP contribution in [0.25, 0.3) is 0 Å². The predicted octanol–water partition coefficient (Wildman–Crippen LogP) is 2.01. The van der Waals surface area contributed by atoms with Gasteiger partial charge in [-0.15, -0.1) is 0 Å². The maximum atomic E-state index is 12.3. The lowest BCUT2D eigenvalue weighted by molar-refractivity contribution is -0.132. The van der Waals surface area contributed by atoms with Crippen LogP contribution in [0.3, 0.4) is 0 Å². The first kappa shape index (κ1) is 15.8. The number of carbonyl (C=O) groups is 1. The number of likely N-dealkylation sites (N-methyl/N-ethyl adjacent to an activating group) is 1. The first-order valence-electron chi connectivity index (χ1n) is 6.94. The zero-order valence-electron chi connectivity index (χ0n) is 13.0. The molecule has 0 saturated heterocycles. The Balaban J connectivity index is 2.54. The van der Waals surface area contributed by atoms with Crippen molar-refractivity contribution in [3.63, 3.8) is 0 Å². The number of amides is 1. The van der Waals surface area contributed by atoms with Crippen molar-refractivity contribution in [2.75, 3.05) is 7.05 Å². The van der Waals surface area contributed by atoms with Gasteiger partial charge in [-0.1, -0.05) is 13.8 Å². The number of aryl methyl sites for hydroxylation is 1. The van der Waals surface area contributed by atoms with Crippen molar-refractivity contribution in [1.29, 1.82) is 0 Å². The van der Waals surface area contributed by atoms with E-state index in [0.717, 1.165) is 5.69 Å². The second kappa shape index (κ2) is 6.75. The van der Waals surface area contributed by atoms with Crippen molar-refractivity contribution < 1.29 is 4.79 Å². The third-order valence-electron chi connectivity index (χ3n) is 3.71. The number of aromatic nitrogens is 1. The SMILES string of the molecule is CC(NC(C)C(C)C)C(=O)N(C)Cc1cccn1C. The Labute approximate surface area is 116 Å². The quantitative estimate of drug-likeness (QED) is 0.854. The van der Waals surface area contributed by atoms with Gasteiger partial charge in [0, 0.05) is 32.0 Å². The molecule has 1 heterocycles. The van der Waals surface area contributed by atoms with Crippen LogP contribution in [0.4, 0.5) is 0 Å². The topological polar surface area (TPSA) is 37.3 Å². The molecule has 108 valence electrons. The maximum Gasteiger partial charge on any atom is 0.239 e. The molecule has 0 aliphatic rings. The summed E-state index contributed by atoms with van der Waals surface area (Å²) in [6.07, 6.45) is 2.00. The van der Waals surface area contributed by atoms with Crippen LogP contribution in [0.2, 0.25) is 0 Å². The molecule has 4 nitrogen and oxygen atoms in total. The van der Waals surface area contributed by atoms with Crippen LogP contribution in [0, 0.1) is 5.92 Å². The first-order valence-corrected chi connectivity index (χ1v) is 6.94. The van der Waals surface area contributed by atoms with Crippen LogP contribution < -0.4 is 5.32 Å². The molecule has 19 heavy (non-hydrogen) atoms. The Hall–Kier alpha value is -1.29. The monoisotopic (exact) mass is 265 g/mol. The molecular formula is C15H27N3O. The fraction of sp³-hybridized carbons (Fsp3) is 0.667. The molecule has 1 aromatic rings. The van der Waals surface area contributed by atoms with Gasteiger partial charge in [0.2, 0.25) is 5.91 Å². The Morgan fingerprint density at radius 3 is 2.47 bits per heavy atom. The smallest absolute Gasteiger partial charge is 0.239 e. The molecule has 1 N–H and O–H groups in total. The molecular weight excluding hydrogens is 238 g/mol. The molecule has 0 saturated carbocycles. The second-order valence-corrected chi connectivity index (χ2v) is 5.73. The summed E-state index contributed by atoms with van der Waals surface area (Å²) < 4.78 is 2.04. The normalized spacial score (nSPS) is 14.5. The number of nitrogens with zero attached hydrogens (tertiary/aromatic N) is 2. The lowest BCUT2D eigenvalue weighted by Crippen LogP contribution is -2.47. The van der Waals surface area contributed by atoms with Gasteiger partial charge in [0.25, 0.3) is 0 Å². The number of hydrogen-bond acceptors (Lipinski definition) is 2. The van der Waals surface area contributed by atoms with Gasteiger partial charge in [-0.2, -0.15) is 0 Å². The van der Waals surface area contributed by atoms with Crippen molar-refractivity contribution in [3.05, 3.63) is 24.0 Å². The molecule has 0 fully saturated rings. The molecule has 2 unspecified atom stereocenters. The average molecular weight is 265 g/mol. The van der Waals surface area contributed by atoms with Gasteiger partial charge < -0.3 is 14.8 Å². The minimum atomic E-state index is -0.150. The number of nitrogens with one attached hydrogen (secondary N) is 1. The lowest BCUT2D eigenvalue weighted by atomic mass is 10.1. The van der Waals surface area contributed by atoms with E-state index in [0.29, 0.717) is 18.5 Å². The lowest BCUT2D eigenvalue weighted by Gasteiger charge is -2.26. The van der Waals surface area contributed by atoms with E-state index in [1.165, 1.54) is 0 Å². The molecule has 4 heteroatoms. The van der Waals surface area contributed by atoms with Gasteiger partial charge in [-0.05, 0) is 31.9 Å². The van der Waals surface area contributed by atoms with E-state index in [2.05, 4.69) is 26.1 Å². The molecule has 0 aliphatic heterocycles. The Morgan fingerprint density at radius 2 is 2.00 bits per heavy atom. The first-order chi connectivity index (χ1) is 8.82. The molecule has 0 aliphatic carbocycles. The second-order valence-electron chi connectivity index (χ2n) is 5.73. The molecule has 1 aromatic heterocycles. The van der Waals surface area contributed by atoms with E-state index in [-0.39, 0.29) is 11.9 Å². The summed E-state index contributed by atoms with van der Waals surface area (Å²) >= 11 is 0. The molecule has 0 spiro atoms. The van der Waals surface area contributed by atoms with E-state index in [4.69, 9.17) is 0 Å². The van der Waals surface area contributed by atoms with E-state index in [9.17, 15) is 4.79 Å². The zero-order valence-corrected chi connectivity index (χ0v) is 13.0. The number of hydrogen-bond donors (Lipinski definition) is 1. The van der Waals surface area contributed by atoms with Crippen LogP contribution in [-0.2, 0) is 18.4 Å². The molecule has 0 aromatic carbocycles. The third kappa shape index (κ3) is 4.39. The van der Waals surface area contributed by atoms with Crippen LogP contribution in [-0.4, -0.2) is 34.5 Å². The van der Waals surface area contributed by atoms with E-state index >= 15 is 0 Å². The fourth-order valence-corrected chi connectivity index (χ4v) is 1.97. The van der Waals surface area contributed by atoms with Gasteiger partial charge in [0.05, 0.1) is 12.6 Å². The fourth-order valence-electron chi connectivity index (χ4n) is 1.97. The van der Waals surface area contributed by atoms with E-state index in [1.54, 1.807) is 4.90 Å². The van der Waals surface area contributed by atoms with Crippen molar-refractivity contribution in [2.24, 2.45) is 13.0 Å². The van der Waals surface area contributed by atoms with Crippen molar-refractivity contribution in [3.8, 4) is 0 Å². The summed E-state index contributed by atoms with van der Waals surface area (Å²) in [5.41, 5.74) is 1.14. The Bertz CT molecular complexity index is 411. The highest BCUT2D eigenvalue weighted by Gasteiger charge is 2.20. The van der Waals surface area contributed by atoms with Gasteiger partial charge in [0.15, 0.2) is 0 Å². The number of rotatable bonds is 6. The largest absolute Gasteiger partial charge is 0.353 e. The number of carbonyl (C=O) groups excluding carboxylic acids is 1. The molecule has 1 rings (SSSR count). The van der Waals surface area contributed by atoms with Gasteiger partial charge in [0.1, 0.15) is 0 Å². The van der Waals surface area contributed by atoms with Gasteiger partial charge in [-0.3, -0.25) is 4.79 Å². The highest BCUT2D eigenvalue weighted by atomic mass is 16.2. The standard InChI is InChI=1S/C15H27N3O/c1-11(2)12(3)16-13(4)15(19)18(6)10-14-8-7-9-17(14)5/h7-9,11-13,16H,10H2,1-6H3. The minimum absolute atomic E-state index is 0.133. The van der Waals surface area contributed by atoms with Gasteiger partial charge >= 0.3 is 0 Å². The summed E-state index contributed by atoms with van der Waals surface area (Å²) in [7, 11) is 3.85. The van der Waals surface area contributed by atoms with E-state index in [1.807, 2.05) is 43.9 Å². The highest BCUT2D eigenvalue weighted by Crippen LogP contribution is 2.06. The molecule has 0 radical (unpaired) electrons. The Morgan fingerprint density at radius 1 is 1.37 bits per heavy atom. The Kier molecular flexibility index (Phi) is 5.60. The predicted molar refractivity (Wildman–Crippen MR) is 78.8 cm³/mol. The third-order valence-corrected chi connectivity index (χ3v) is 3.71. The van der Waals surface area contributed by atoms with E-state index < -0.39 is 0 Å². The van der Waals surface area contributed by atoms with Crippen LogP contribution >= 0.6 is 0 Å². The molecule has 2 atom stereocenters. The maximum absolute atomic E-state index is 12.3. The van der Waals surface area contributed by atoms with Crippen LogP contribution in [0.5, 0.6) is 0 Å². The molecule has 0 bridgehead atoms. The summed E-state index contributed by atoms with van der Waals surface area (Å²) in [4.78, 5) is 14.1.